The summed E-state index contributed by atoms with van der Waals surface area (Å²) in [6.07, 6.45) is 0.272. The van der Waals surface area contributed by atoms with Crippen LogP contribution in [-0.2, 0) is 16.0 Å². The fraction of sp³-hybridized carbons (Fsp3) is 0.160. The Hall–Kier alpha value is -3.93. The average molecular weight is 414 g/mol. The van der Waals surface area contributed by atoms with Crippen LogP contribution in [-0.4, -0.2) is 23.4 Å². The minimum Gasteiger partial charge on any atom is -0.445 e. The summed E-state index contributed by atoms with van der Waals surface area (Å²) in [6, 6.07) is 21.3. The quantitative estimate of drug-likeness (QED) is 0.622. The first kappa shape index (κ1) is 20.3. The number of hydrogen-bond acceptors (Lipinski definition) is 4. The van der Waals surface area contributed by atoms with Crippen molar-refractivity contribution in [1.82, 2.24) is 0 Å². The predicted molar refractivity (Wildman–Crippen MR) is 118 cm³/mol. The van der Waals surface area contributed by atoms with Crippen LogP contribution in [0.3, 0.4) is 0 Å². The number of benzene rings is 3. The van der Waals surface area contributed by atoms with E-state index in [9.17, 15) is 14.4 Å². The molecule has 0 fully saturated rings. The monoisotopic (exact) mass is 414 g/mol. The van der Waals surface area contributed by atoms with E-state index >= 15 is 0 Å². The molecule has 31 heavy (non-hydrogen) atoms. The lowest BCUT2D eigenvalue weighted by Crippen LogP contribution is -2.49. The lowest BCUT2D eigenvalue weighted by atomic mass is 9.89. The van der Waals surface area contributed by atoms with Gasteiger partial charge in [-0.2, -0.15) is 0 Å². The largest absolute Gasteiger partial charge is 0.445 e. The van der Waals surface area contributed by atoms with Crippen LogP contribution in [0.2, 0.25) is 0 Å². The number of rotatable bonds is 4. The van der Waals surface area contributed by atoms with Crippen molar-refractivity contribution in [3.8, 4) is 0 Å². The molecule has 2 amide bonds. The fourth-order valence-electron chi connectivity index (χ4n) is 3.54. The lowest BCUT2D eigenvalue weighted by molar-refractivity contribution is -0.134. The molecule has 0 unspecified atom stereocenters. The van der Waals surface area contributed by atoms with E-state index in [4.69, 9.17) is 4.74 Å². The molecule has 2 N–H and O–H groups in total. The number of para-hydroxylation sites is 1. The molecule has 1 heterocycles. The number of ether oxygens (including phenoxy) is 1. The smallest absolute Gasteiger partial charge is 0.339 e. The summed E-state index contributed by atoms with van der Waals surface area (Å²) in [7, 11) is 0. The van der Waals surface area contributed by atoms with Crippen LogP contribution < -0.4 is 10.6 Å². The van der Waals surface area contributed by atoms with Crippen molar-refractivity contribution in [2.45, 2.75) is 25.9 Å². The second-order valence-corrected chi connectivity index (χ2v) is 7.76. The van der Waals surface area contributed by atoms with Crippen LogP contribution >= 0.6 is 0 Å². The summed E-state index contributed by atoms with van der Waals surface area (Å²) in [5.74, 6) is -1.25. The summed E-state index contributed by atoms with van der Waals surface area (Å²) in [5, 5.41) is 5.66. The fourth-order valence-corrected chi connectivity index (χ4v) is 3.54. The molecule has 1 aliphatic rings. The van der Waals surface area contributed by atoms with Crippen LogP contribution in [0.15, 0.2) is 72.8 Å². The molecule has 1 atom stereocenters. The lowest BCUT2D eigenvalue weighted by Gasteiger charge is -2.33. The molecule has 0 saturated heterocycles. The molecule has 0 aromatic heterocycles. The molecule has 3 aromatic rings. The first-order valence-electron chi connectivity index (χ1n) is 9.95. The SMILES string of the molecule is Cc1ccc(C(=O)Nc2ccccc2)cc1NC(=O)[C@]1(C)Cc2ccccc2C(=O)O1. The number of carbonyl (C=O) groups excluding carboxylic acids is 3. The van der Waals surface area contributed by atoms with Gasteiger partial charge in [-0.3, -0.25) is 9.59 Å². The normalized spacial score (nSPS) is 17.3. The summed E-state index contributed by atoms with van der Waals surface area (Å²) >= 11 is 0. The zero-order chi connectivity index (χ0) is 22.0. The van der Waals surface area contributed by atoms with Crippen LogP contribution in [0.5, 0.6) is 0 Å². The van der Waals surface area contributed by atoms with Gasteiger partial charge in [0.25, 0.3) is 11.8 Å². The number of hydrogen-bond donors (Lipinski definition) is 2. The van der Waals surface area contributed by atoms with E-state index in [1.807, 2.05) is 37.3 Å². The van der Waals surface area contributed by atoms with Crippen molar-refractivity contribution in [3.05, 3.63) is 95.1 Å². The Labute approximate surface area is 180 Å². The van der Waals surface area contributed by atoms with Gasteiger partial charge in [-0.1, -0.05) is 42.5 Å². The number of esters is 1. The molecule has 0 spiro atoms. The molecule has 6 heteroatoms. The molecule has 156 valence electrons. The Morgan fingerprint density at radius 1 is 0.935 bits per heavy atom. The number of aryl methyl sites for hydroxylation is 1. The molecule has 4 rings (SSSR count). The maximum Gasteiger partial charge on any atom is 0.339 e. The van der Waals surface area contributed by atoms with Crippen LogP contribution in [0, 0.1) is 6.92 Å². The number of carbonyl (C=O) groups is 3. The Kier molecular flexibility index (Phi) is 5.29. The highest BCUT2D eigenvalue weighted by atomic mass is 16.6. The van der Waals surface area contributed by atoms with Crippen molar-refractivity contribution < 1.29 is 19.1 Å². The number of amides is 2. The predicted octanol–water partition coefficient (Wildman–Crippen LogP) is 4.36. The summed E-state index contributed by atoms with van der Waals surface area (Å²) < 4.78 is 5.50. The Balaban J connectivity index is 1.54. The molecule has 6 nitrogen and oxygen atoms in total. The zero-order valence-electron chi connectivity index (χ0n) is 17.3. The van der Waals surface area contributed by atoms with E-state index in [1.54, 1.807) is 49.4 Å². The summed E-state index contributed by atoms with van der Waals surface area (Å²) in [4.78, 5) is 38.1. The van der Waals surface area contributed by atoms with E-state index in [1.165, 1.54) is 0 Å². The van der Waals surface area contributed by atoms with Crippen molar-refractivity contribution >= 4 is 29.2 Å². The standard InChI is InChI=1S/C25H22N2O4/c1-16-12-13-17(22(28)26-19-9-4-3-5-10-19)14-21(16)27-24(30)25(2)15-18-8-6-7-11-20(18)23(29)31-25/h3-14H,15H2,1-2H3,(H,26,28)(H,27,30)/t25-/m0/s1. The van der Waals surface area contributed by atoms with Gasteiger partial charge in [0, 0.05) is 23.4 Å². The van der Waals surface area contributed by atoms with Gasteiger partial charge in [-0.05, 0) is 55.3 Å². The molecule has 3 aromatic carbocycles. The van der Waals surface area contributed by atoms with Gasteiger partial charge in [-0.25, -0.2) is 4.79 Å². The molecule has 0 saturated carbocycles. The van der Waals surface area contributed by atoms with E-state index in [-0.39, 0.29) is 12.3 Å². The maximum atomic E-state index is 13.1. The van der Waals surface area contributed by atoms with Gasteiger partial charge in [-0.15, -0.1) is 0 Å². The third-order valence-corrected chi connectivity index (χ3v) is 5.34. The molecular weight excluding hydrogens is 392 g/mol. The molecular formula is C25H22N2O4. The third kappa shape index (κ3) is 4.19. The molecule has 0 radical (unpaired) electrons. The van der Waals surface area contributed by atoms with E-state index in [2.05, 4.69) is 10.6 Å². The number of cyclic esters (lactones) is 1. The van der Waals surface area contributed by atoms with Crippen molar-refractivity contribution in [3.63, 3.8) is 0 Å². The number of anilines is 2. The first-order valence-corrected chi connectivity index (χ1v) is 9.95. The van der Waals surface area contributed by atoms with Gasteiger partial charge >= 0.3 is 5.97 Å². The highest BCUT2D eigenvalue weighted by Gasteiger charge is 2.42. The highest BCUT2D eigenvalue weighted by molar-refractivity contribution is 6.06. The second kappa shape index (κ2) is 8.07. The van der Waals surface area contributed by atoms with Gasteiger partial charge in [0.2, 0.25) is 0 Å². The Morgan fingerprint density at radius 3 is 2.42 bits per heavy atom. The van der Waals surface area contributed by atoms with Gasteiger partial charge < -0.3 is 15.4 Å². The minimum atomic E-state index is -1.35. The van der Waals surface area contributed by atoms with Crippen LogP contribution in [0.4, 0.5) is 11.4 Å². The minimum absolute atomic E-state index is 0.272. The van der Waals surface area contributed by atoms with Crippen molar-refractivity contribution in [2.75, 3.05) is 10.6 Å². The summed E-state index contributed by atoms with van der Waals surface area (Å²) in [6.45, 7) is 3.43. The van der Waals surface area contributed by atoms with Crippen LogP contribution in [0.1, 0.15) is 38.8 Å². The summed E-state index contributed by atoms with van der Waals surface area (Å²) in [5.41, 5.74) is 2.25. The number of fused-ring (bicyclic) bond motifs is 1. The van der Waals surface area contributed by atoms with E-state index in [0.717, 1.165) is 11.1 Å². The topological polar surface area (TPSA) is 84.5 Å². The van der Waals surface area contributed by atoms with Crippen LogP contribution in [0.25, 0.3) is 0 Å². The second-order valence-electron chi connectivity index (χ2n) is 7.76. The third-order valence-electron chi connectivity index (χ3n) is 5.34. The van der Waals surface area contributed by atoms with E-state index in [0.29, 0.717) is 22.5 Å². The van der Waals surface area contributed by atoms with Crippen molar-refractivity contribution in [1.29, 1.82) is 0 Å². The highest BCUT2D eigenvalue weighted by Crippen LogP contribution is 2.30. The zero-order valence-corrected chi connectivity index (χ0v) is 17.3. The van der Waals surface area contributed by atoms with Gasteiger partial charge in [0.15, 0.2) is 5.60 Å². The Bertz CT molecular complexity index is 1170. The van der Waals surface area contributed by atoms with Gasteiger partial charge in [0.1, 0.15) is 0 Å². The van der Waals surface area contributed by atoms with E-state index < -0.39 is 17.5 Å². The maximum absolute atomic E-state index is 13.1. The van der Waals surface area contributed by atoms with Gasteiger partial charge in [0.05, 0.1) is 5.56 Å². The molecule has 0 bridgehead atoms. The van der Waals surface area contributed by atoms with Crippen molar-refractivity contribution in [2.24, 2.45) is 0 Å². The first-order chi connectivity index (χ1) is 14.9. The Morgan fingerprint density at radius 2 is 1.65 bits per heavy atom. The average Bonchev–Trinajstić information content (AvgIpc) is 2.75. The molecule has 0 aliphatic carbocycles. The number of nitrogens with one attached hydrogen (secondary N) is 2. The molecule has 1 aliphatic heterocycles.